The fourth-order valence-electron chi connectivity index (χ4n) is 1.74. The van der Waals surface area contributed by atoms with Gasteiger partial charge in [-0.1, -0.05) is 41.0 Å². The van der Waals surface area contributed by atoms with Crippen molar-refractivity contribution >= 4 is 5.97 Å². The molecule has 17 heavy (non-hydrogen) atoms. The summed E-state index contributed by atoms with van der Waals surface area (Å²) in [6, 6.07) is 0. The molecule has 3 heteroatoms. The van der Waals surface area contributed by atoms with Gasteiger partial charge in [-0.2, -0.15) is 0 Å². The molecule has 0 aromatic heterocycles. The minimum atomic E-state index is -0.345. The van der Waals surface area contributed by atoms with E-state index in [2.05, 4.69) is 13.8 Å². The van der Waals surface area contributed by atoms with Crippen molar-refractivity contribution < 1.29 is 14.6 Å². The van der Waals surface area contributed by atoms with Crippen LogP contribution in [0.2, 0.25) is 0 Å². The predicted octanol–water partition coefficient (Wildman–Crippen LogP) is 3.01. The molecule has 0 aliphatic rings. The van der Waals surface area contributed by atoms with Crippen LogP contribution >= 0.6 is 0 Å². The molecule has 0 aliphatic heterocycles. The van der Waals surface area contributed by atoms with Crippen LogP contribution in [-0.4, -0.2) is 23.8 Å². The zero-order chi connectivity index (χ0) is 13.4. The zero-order valence-electron chi connectivity index (χ0n) is 11.9. The average Bonchev–Trinajstić information content (AvgIpc) is 2.25. The number of aliphatic hydroxyl groups is 1. The van der Waals surface area contributed by atoms with Crippen molar-refractivity contribution in [3.05, 3.63) is 0 Å². The lowest BCUT2D eigenvalue weighted by Gasteiger charge is -2.23. The number of carbonyl (C=O) groups excluding carboxylic acids is 1. The van der Waals surface area contributed by atoms with Crippen LogP contribution < -0.4 is 0 Å². The summed E-state index contributed by atoms with van der Waals surface area (Å²) in [6.45, 7) is 10.2. The van der Waals surface area contributed by atoms with Crippen LogP contribution in [0.3, 0.4) is 0 Å². The third-order valence-electron chi connectivity index (χ3n) is 3.10. The number of ether oxygens (including phenoxy) is 1. The second kappa shape index (κ2) is 8.51. The average molecular weight is 244 g/mol. The Kier molecular flexibility index (Phi) is 8.23. The van der Waals surface area contributed by atoms with E-state index in [4.69, 9.17) is 9.84 Å². The fraction of sp³-hybridized carbons (Fsp3) is 0.929. The van der Waals surface area contributed by atoms with Gasteiger partial charge in [0, 0.05) is 0 Å². The monoisotopic (exact) mass is 244 g/mol. The Morgan fingerprint density at radius 3 is 2.12 bits per heavy atom. The molecule has 0 amide bonds. The van der Waals surface area contributed by atoms with E-state index in [-0.39, 0.29) is 30.5 Å². The van der Waals surface area contributed by atoms with E-state index in [9.17, 15) is 4.79 Å². The van der Waals surface area contributed by atoms with E-state index in [0.717, 1.165) is 12.8 Å². The van der Waals surface area contributed by atoms with Crippen LogP contribution in [0.1, 0.15) is 53.9 Å². The molecule has 2 unspecified atom stereocenters. The van der Waals surface area contributed by atoms with Gasteiger partial charge in [-0.25, -0.2) is 0 Å². The maximum absolute atomic E-state index is 12.0. The van der Waals surface area contributed by atoms with E-state index >= 15 is 0 Å². The van der Waals surface area contributed by atoms with Gasteiger partial charge in [0.05, 0.1) is 12.5 Å². The minimum Gasteiger partial charge on any atom is -0.460 e. The normalized spacial score (nSPS) is 15.1. The molecule has 0 rings (SSSR count). The highest BCUT2D eigenvalue weighted by Gasteiger charge is 2.25. The first-order valence-electron chi connectivity index (χ1n) is 6.73. The van der Waals surface area contributed by atoms with Gasteiger partial charge in [-0.3, -0.25) is 4.79 Å². The van der Waals surface area contributed by atoms with Crippen LogP contribution in [0, 0.1) is 17.8 Å². The highest BCUT2D eigenvalue weighted by molar-refractivity contribution is 5.72. The summed E-state index contributed by atoms with van der Waals surface area (Å²) in [5.41, 5.74) is 0. The molecule has 0 aromatic carbocycles. The van der Waals surface area contributed by atoms with Crippen LogP contribution in [0.5, 0.6) is 0 Å². The zero-order valence-corrected chi connectivity index (χ0v) is 11.9. The largest absolute Gasteiger partial charge is 0.460 e. The van der Waals surface area contributed by atoms with Crippen molar-refractivity contribution in [1.29, 1.82) is 0 Å². The van der Waals surface area contributed by atoms with Crippen molar-refractivity contribution in [1.82, 2.24) is 0 Å². The fourth-order valence-corrected chi connectivity index (χ4v) is 1.74. The highest BCUT2D eigenvalue weighted by Crippen LogP contribution is 2.22. The van der Waals surface area contributed by atoms with Crippen molar-refractivity contribution in [2.24, 2.45) is 17.8 Å². The minimum absolute atomic E-state index is 0.0435. The van der Waals surface area contributed by atoms with Gasteiger partial charge in [0.15, 0.2) is 0 Å². The van der Waals surface area contributed by atoms with E-state index < -0.39 is 0 Å². The Morgan fingerprint density at radius 1 is 1.18 bits per heavy atom. The van der Waals surface area contributed by atoms with Crippen LogP contribution in [-0.2, 0) is 9.53 Å². The van der Waals surface area contributed by atoms with Gasteiger partial charge >= 0.3 is 5.97 Å². The quantitative estimate of drug-likeness (QED) is 0.668. The lowest BCUT2D eigenvalue weighted by Crippen LogP contribution is -2.29. The first-order chi connectivity index (χ1) is 7.92. The first-order valence-corrected chi connectivity index (χ1v) is 6.73. The number of hydrogen-bond donors (Lipinski definition) is 1. The van der Waals surface area contributed by atoms with E-state index in [1.807, 2.05) is 20.8 Å². The van der Waals surface area contributed by atoms with Gasteiger partial charge in [-0.15, -0.1) is 0 Å². The number of rotatable bonds is 8. The van der Waals surface area contributed by atoms with Crippen molar-refractivity contribution in [3.8, 4) is 0 Å². The summed E-state index contributed by atoms with van der Waals surface area (Å²) < 4.78 is 5.32. The molecule has 3 nitrogen and oxygen atoms in total. The molecular weight excluding hydrogens is 216 g/mol. The smallest absolute Gasteiger partial charge is 0.309 e. The molecular formula is C14H28O3. The summed E-state index contributed by atoms with van der Waals surface area (Å²) >= 11 is 0. The van der Waals surface area contributed by atoms with Crippen molar-refractivity contribution in [3.63, 3.8) is 0 Å². The number of aliphatic hydroxyl groups excluding tert-OH is 1. The number of esters is 1. The second-order valence-electron chi connectivity index (χ2n) is 5.47. The van der Waals surface area contributed by atoms with E-state index in [1.165, 1.54) is 0 Å². The third kappa shape index (κ3) is 6.67. The molecule has 102 valence electrons. The molecule has 0 heterocycles. The standard InChI is InChI=1S/C14H28O3/c1-6-12(9-15)17-14(16)13(11(4)5)8-7-10(2)3/h10-13,15H,6-9H2,1-5H3. The summed E-state index contributed by atoms with van der Waals surface area (Å²) in [7, 11) is 0. The van der Waals surface area contributed by atoms with Crippen molar-refractivity contribution in [2.75, 3.05) is 6.61 Å². The Hall–Kier alpha value is -0.570. The number of hydrogen-bond acceptors (Lipinski definition) is 3. The molecule has 0 saturated carbocycles. The molecule has 0 fully saturated rings. The summed E-state index contributed by atoms with van der Waals surface area (Å²) in [5.74, 6) is 0.695. The molecule has 1 N–H and O–H groups in total. The molecule has 0 bridgehead atoms. The van der Waals surface area contributed by atoms with Crippen LogP contribution in [0.15, 0.2) is 0 Å². The topological polar surface area (TPSA) is 46.5 Å². The molecule has 0 aromatic rings. The maximum Gasteiger partial charge on any atom is 0.309 e. The molecule has 0 aliphatic carbocycles. The molecule has 2 atom stereocenters. The van der Waals surface area contributed by atoms with Gasteiger partial charge in [-0.05, 0) is 24.7 Å². The van der Waals surface area contributed by atoms with Crippen LogP contribution in [0.25, 0.3) is 0 Å². The lowest BCUT2D eigenvalue weighted by molar-refractivity contribution is -0.158. The molecule has 0 radical (unpaired) electrons. The predicted molar refractivity (Wildman–Crippen MR) is 69.7 cm³/mol. The van der Waals surface area contributed by atoms with Gasteiger partial charge in [0.25, 0.3) is 0 Å². The Bertz CT molecular complexity index is 208. The molecule has 0 saturated heterocycles. The van der Waals surface area contributed by atoms with Gasteiger partial charge in [0.2, 0.25) is 0 Å². The Balaban J connectivity index is 4.33. The van der Waals surface area contributed by atoms with E-state index in [0.29, 0.717) is 12.3 Å². The Morgan fingerprint density at radius 2 is 1.76 bits per heavy atom. The number of carbonyl (C=O) groups is 1. The molecule has 0 spiro atoms. The summed E-state index contributed by atoms with van der Waals surface area (Å²) in [4.78, 5) is 12.0. The van der Waals surface area contributed by atoms with Gasteiger partial charge < -0.3 is 9.84 Å². The lowest BCUT2D eigenvalue weighted by atomic mass is 9.89. The second-order valence-corrected chi connectivity index (χ2v) is 5.47. The SMILES string of the molecule is CCC(CO)OC(=O)C(CCC(C)C)C(C)C. The first kappa shape index (κ1) is 16.4. The summed E-state index contributed by atoms with van der Waals surface area (Å²) in [6.07, 6.45) is 2.23. The van der Waals surface area contributed by atoms with Crippen LogP contribution in [0.4, 0.5) is 0 Å². The highest BCUT2D eigenvalue weighted by atomic mass is 16.6. The van der Waals surface area contributed by atoms with Crippen molar-refractivity contribution in [2.45, 2.75) is 60.0 Å². The van der Waals surface area contributed by atoms with E-state index in [1.54, 1.807) is 0 Å². The van der Waals surface area contributed by atoms with Gasteiger partial charge in [0.1, 0.15) is 6.10 Å². The third-order valence-corrected chi connectivity index (χ3v) is 3.10. The summed E-state index contributed by atoms with van der Waals surface area (Å²) in [5, 5.41) is 9.04. The maximum atomic E-state index is 12.0. The Labute approximate surface area is 106 Å².